The summed E-state index contributed by atoms with van der Waals surface area (Å²) in [5.74, 6) is 0. The number of benzene rings is 1. The van der Waals surface area contributed by atoms with Crippen LogP contribution in [0.25, 0.3) is 0 Å². The molecule has 0 heterocycles. The molecule has 0 spiro atoms. The standard InChI is InChI=1S/C10H17ClN2Si/c1-4-12-14(11,13(2)3)10-8-6-5-7-9-10/h5-9,12H,4H2,1-3H3. The Balaban J connectivity index is 2.99. The van der Waals surface area contributed by atoms with Gasteiger partial charge in [-0.05, 0) is 25.8 Å². The van der Waals surface area contributed by atoms with E-state index in [-0.39, 0.29) is 0 Å². The van der Waals surface area contributed by atoms with Crippen molar-refractivity contribution in [1.82, 2.24) is 9.55 Å². The fourth-order valence-electron chi connectivity index (χ4n) is 1.41. The van der Waals surface area contributed by atoms with Gasteiger partial charge in [0, 0.05) is 0 Å². The SMILES string of the molecule is CCN[Si](Cl)(c1ccccc1)N(C)C. The Bertz CT molecular complexity index is 279. The van der Waals surface area contributed by atoms with Crippen molar-refractivity contribution < 1.29 is 0 Å². The summed E-state index contributed by atoms with van der Waals surface area (Å²) in [6.07, 6.45) is 0. The summed E-state index contributed by atoms with van der Waals surface area (Å²) in [5.41, 5.74) is 0. The van der Waals surface area contributed by atoms with Crippen LogP contribution in [0.2, 0.25) is 0 Å². The Hall–Kier alpha value is -0.353. The van der Waals surface area contributed by atoms with Gasteiger partial charge >= 0.3 is 7.71 Å². The molecule has 78 valence electrons. The van der Waals surface area contributed by atoms with E-state index in [1.807, 2.05) is 32.3 Å². The second-order valence-corrected chi connectivity index (χ2v) is 8.12. The van der Waals surface area contributed by atoms with Crippen molar-refractivity contribution in [3.8, 4) is 0 Å². The molecule has 0 aromatic heterocycles. The predicted octanol–water partition coefficient (Wildman–Crippen LogP) is 1.24. The van der Waals surface area contributed by atoms with Crippen LogP contribution in [0.15, 0.2) is 30.3 Å². The van der Waals surface area contributed by atoms with Crippen molar-refractivity contribution >= 4 is 24.0 Å². The van der Waals surface area contributed by atoms with E-state index in [1.54, 1.807) is 0 Å². The van der Waals surface area contributed by atoms with Gasteiger partial charge in [-0.15, -0.1) is 11.1 Å². The monoisotopic (exact) mass is 228 g/mol. The average molecular weight is 229 g/mol. The first-order chi connectivity index (χ1) is 6.61. The first kappa shape index (κ1) is 11.7. The molecule has 0 aliphatic heterocycles. The van der Waals surface area contributed by atoms with Gasteiger partial charge in [0.15, 0.2) is 0 Å². The first-order valence-electron chi connectivity index (χ1n) is 4.78. The van der Waals surface area contributed by atoms with Crippen LogP contribution in [0, 0.1) is 0 Å². The van der Waals surface area contributed by atoms with Crippen molar-refractivity contribution in [3.05, 3.63) is 30.3 Å². The third kappa shape index (κ3) is 2.36. The molecule has 0 aliphatic carbocycles. The van der Waals surface area contributed by atoms with Crippen LogP contribution in [0.5, 0.6) is 0 Å². The fourth-order valence-corrected chi connectivity index (χ4v) is 4.33. The van der Waals surface area contributed by atoms with Crippen LogP contribution in [0.3, 0.4) is 0 Å². The molecule has 4 heteroatoms. The van der Waals surface area contributed by atoms with Gasteiger partial charge in [-0.25, -0.2) is 0 Å². The second-order valence-electron chi connectivity index (χ2n) is 3.41. The predicted molar refractivity (Wildman–Crippen MR) is 65.0 cm³/mol. The molecule has 0 amide bonds. The van der Waals surface area contributed by atoms with Crippen molar-refractivity contribution in [2.45, 2.75) is 6.92 Å². The first-order valence-corrected chi connectivity index (χ1v) is 7.74. The maximum absolute atomic E-state index is 6.65. The zero-order valence-electron chi connectivity index (χ0n) is 8.92. The molecular formula is C10H17ClN2Si. The molecular weight excluding hydrogens is 212 g/mol. The molecule has 2 nitrogen and oxygen atoms in total. The van der Waals surface area contributed by atoms with Crippen LogP contribution in [0.4, 0.5) is 0 Å². The summed E-state index contributed by atoms with van der Waals surface area (Å²) in [6.45, 7) is 2.97. The lowest BCUT2D eigenvalue weighted by atomic mass is 10.4. The van der Waals surface area contributed by atoms with Gasteiger partial charge in [-0.2, -0.15) is 0 Å². The fraction of sp³-hybridized carbons (Fsp3) is 0.400. The second kappa shape index (κ2) is 4.93. The Morgan fingerprint density at radius 1 is 1.29 bits per heavy atom. The van der Waals surface area contributed by atoms with E-state index in [2.05, 4.69) is 28.6 Å². The summed E-state index contributed by atoms with van der Waals surface area (Å²) in [7, 11) is 1.90. The van der Waals surface area contributed by atoms with Gasteiger partial charge in [-0.1, -0.05) is 37.3 Å². The van der Waals surface area contributed by atoms with Crippen LogP contribution >= 0.6 is 11.1 Å². The van der Waals surface area contributed by atoms with Crippen LogP contribution in [-0.4, -0.2) is 32.9 Å². The maximum atomic E-state index is 6.65. The van der Waals surface area contributed by atoms with E-state index in [0.717, 1.165) is 6.54 Å². The molecule has 1 rings (SSSR count). The van der Waals surface area contributed by atoms with E-state index in [9.17, 15) is 0 Å². The summed E-state index contributed by atoms with van der Waals surface area (Å²) in [5, 5.41) is 1.20. The maximum Gasteiger partial charge on any atom is 0.337 e. The Morgan fingerprint density at radius 3 is 2.29 bits per heavy atom. The largest absolute Gasteiger partial charge is 0.337 e. The number of hydrogen-bond acceptors (Lipinski definition) is 2. The third-order valence-corrected chi connectivity index (χ3v) is 7.41. The highest BCUT2D eigenvalue weighted by Crippen LogP contribution is 2.08. The lowest BCUT2D eigenvalue weighted by Crippen LogP contribution is -2.65. The summed E-state index contributed by atoms with van der Waals surface area (Å²) in [4.78, 5) is 3.40. The molecule has 0 aliphatic rings. The highest BCUT2D eigenvalue weighted by atomic mass is 35.6. The molecule has 1 unspecified atom stereocenters. The van der Waals surface area contributed by atoms with Crippen LogP contribution < -0.4 is 10.2 Å². The Labute approximate surface area is 91.8 Å². The molecule has 1 atom stereocenters. The zero-order valence-corrected chi connectivity index (χ0v) is 10.7. The van der Waals surface area contributed by atoms with Crippen LogP contribution in [-0.2, 0) is 0 Å². The summed E-state index contributed by atoms with van der Waals surface area (Å²) < 4.78 is 2.10. The van der Waals surface area contributed by atoms with E-state index in [4.69, 9.17) is 11.1 Å². The minimum atomic E-state index is -2.15. The van der Waals surface area contributed by atoms with Crippen LogP contribution in [0.1, 0.15) is 6.92 Å². The number of nitrogens with zero attached hydrogens (tertiary/aromatic N) is 1. The highest BCUT2D eigenvalue weighted by molar-refractivity contribution is 7.24. The zero-order chi connectivity index (χ0) is 10.6. The van der Waals surface area contributed by atoms with Gasteiger partial charge in [0.05, 0.1) is 0 Å². The van der Waals surface area contributed by atoms with E-state index in [1.165, 1.54) is 5.19 Å². The molecule has 0 saturated carbocycles. The van der Waals surface area contributed by atoms with Crippen molar-refractivity contribution in [3.63, 3.8) is 0 Å². The highest BCUT2D eigenvalue weighted by Gasteiger charge is 2.35. The third-order valence-electron chi connectivity index (χ3n) is 2.18. The molecule has 1 aromatic rings. The van der Waals surface area contributed by atoms with E-state index >= 15 is 0 Å². The minimum Gasteiger partial charge on any atom is -0.310 e. The van der Waals surface area contributed by atoms with Gasteiger partial charge in [0.2, 0.25) is 0 Å². The lowest BCUT2D eigenvalue weighted by molar-refractivity contribution is 0.619. The van der Waals surface area contributed by atoms with E-state index < -0.39 is 7.71 Å². The quantitative estimate of drug-likeness (QED) is 0.617. The molecule has 0 radical (unpaired) electrons. The lowest BCUT2D eigenvalue weighted by Gasteiger charge is -2.31. The smallest absolute Gasteiger partial charge is 0.310 e. The van der Waals surface area contributed by atoms with Crippen molar-refractivity contribution in [2.75, 3.05) is 20.6 Å². The molecule has 1 aromatic carbocycles. The number of halogens is 1. The summed E-state index contributed by atoms with van der Waals surface area (Å²) >= 11 is 6.65. The molecule has 14 heavy (non-hydrogen) atoms. The number of hydrogen-bond donors (Lipinski definition) is 1. The number of nitrogens with one attached hydrogen (secondary N) is 1. The molecule has 0 saturated heterocycles. The summed E-state index contributed by atoms with van der Waals surface area (Å²) in [6, 6.07) is 10.2. The topological polar surface area (TPSA) is 15.3 Å². The van der Waals surface area contributed by atoms with Gasteiger partial charge in [-0.3, -0.25) is 0 Å². The Kier molecular flexibility index (Phi) is 4.13. The van der Waals surface area contributed by atoms with Gasteiger partial charge < -0.3 is 9.55 Å². The minimum absolute atomic E-state index is 0.892. The Morgan fingerprint density at radius 2 is 1.86 bits per heavy atom. The van der Waals surface area contributed by atoms with Gasteiger partial charge in [0.1, 0.15) is 0 Å². The van der Waals surface area contributed by atoms with Crippen molar-refractivity contribution in [2.24, 2.45) is 0 Å². The van der Waals surface area contributed by atoms with Gasteiger partial charge in [0.25, 0.3) is 0 Å². The number of rotatable bonds is 4. The normalized spacial score (nSPS) is 15.5. The molecule has 0 bridgehead atoms. The molecule has 0 fully saturated rings. The van der Waals surface area contributed by atoms with Crippen molar-refractivity contribution in [1.29, 1.82) is 0 Å². The average Bonchev–Trinajstić information content (AvgIpc) is 2.19. The molecule has 1 N–H and O–H groups in total. The van der Waals surface area contributed by atoms with E-state index in [0.29, 0.717) is 0 Å².